The Kier molecular flexibility index (Phi) is 8.67. The number of fused-ring (bicyclic) bond motifs is 1. The lowest BCUT2D eigenvalue weighted by Gasteiger charge is -2.13. The fraction of sp³-hybridized carbons (Fsp3) is 0.250. The first kappa shape index (κ1) is 23.5. The summed E-state index contributed by atoms with van der Waals surface area (Å²) in [5.41, 5.74) is 3.67. The van der Waals surface area contributed by atoms with Gasteiger partial charge in [0.05, 0.1) is 6.54 Å². The zero-order chi connectivity index (χ0) is 22.8. The summed E-state index contributed by atoms with van der Waals surface area (Å²) >= 11 is 0. The average Bonchev–Trinajstić information content (AvgIpc) is 3.06. The molecule has 2 aromatic carbocycles. The lowest BCUT2D eigenvalue weighted by atomic mass is 10.2. The van der Waals surface area contributed by atoms with Crippen LogP contribution in [-0.4, -0.2) is 45.2 Å². The molecule has 3 rings (SSSR count). The number of aromatic nitrogens is 1. The first-order chi connectivity index (χ1) is 14.8. The number of carboxylic acids is 2. The predicted molar refractivity (Wildman–Crippen MR) is 119 cm³/mol. The first-order valence-electron chi connectivity index (χ1n) is 9.61. The highest BCUT2D eigenvalue weighted by Crippen LogP contribution is 2.25. The zero-order valence-electron chi connectivity index (χ0n) is 17.8. The van der Waals surface area contributed by atoms with Gasteiger partial charge in [0.15, 0.2) is 0 Å². The topological polar surface area (TPSA) is 92.0 Å². The van der Waals surface area contributed by atoms with E-state index in [1.165, 1.54) is 22.2 Å². The molecule has 7 heteroatoms. The largest absolute Gasteiger partial charge is 0.489 e. The molecular weight excluding hydrogens is 396 g/mol. The van der Waals surface area contributed by atoms with Crippen LogP contribution in [0.1, 0.15) is 18.2 Å². The molecule has 0 aliphatic rings. The number of rotatable bonds is 6. The van der Waals surface area contributed by atoms with Gasteiger partial charge < -0.3 is 19.5 Å². The number of aliphatic carboxylic acids is 2. The maximum Gasteiger partial charge on any atom is 0.414 e. The van der Waals surface area contributed by atoms with E-state index in [9.17, 15) is 0 Å². The van der Waals surface area contributed by atoms with Gasteiger partial charge in [-0.05, 0) is 43.8 Å². The van der Waals surface area contributed by atoms with E-state index in [1.54, 1.807) is 0 Å². The molecule has 2 N–H and O–H groups in total. The Labute approximate surface area is 181 Å². The molecule has 162 valence electrons. The highest BCUT2D eigenvalue weighted by atomic mass is 16.5. The lowest BCUT2D eigenvalue weighted by molar-refractivity contribution is -0.159. The summed E-state index contributed by atoms with van der Waals surface area (Å²) in [6, 6.07) is 18.8. The van der Waals surface area contributed by atoms with E-state index < -0.39 is 11.9 Å². The van der Waals surface area contributed by atoms with Crippen molar-refractivity contribution in [1.82, 2.24) is 9.47 Å². The third kappa shape index (κ3) is 7.21. The van der Waals surface area contributed by atoms with Crippen LogP contribution < -0.4 is 4.74 Å². The molecule has 0 radical (unpaired) electrons. The molecular formula is C24H26N2O5. The minimum absolute atomic E-state index is 0.588. The molecule has 0 unspecified atom stereocenters. The number of ether oxygens (including phenoxy) is 1. The minimum atomic E-state index is -1.82. The third-order valence-corrected chi connectivity index (χ3v) is 4.50. The zero-order valence-corrected chi connectivity index (χ0v) is 17.8. The fourth-order valence-corrected chi connectivity index (χ4v) is 2.91. The quantitative estimate of drug-likeness (QED) is 0.468. The normalized spacial score (nSPS) is 10.1. The Bertz CT molecular complexity index is 1080. The number of nitrogens with zero attached hydrogens (tertiary/aromatic N) is 2. The third-order valence-electron chi connectivity index (χ3n) is 4.50. The van der Waals surface area contributed by atoms with Crippen LogP contribution >= 0.6 is 0 Å². The van der Waals surface area contributed by atoms with Crippen LogP contribution in [0.5, 0.6) is 5.75 Å². The maximum atomic E-state index is 9.10. The van der Waals surface area contributed by atoms with Crippen molar-refractivity contribution >= 4 is 22.8 Å². The Balaban J connectivity index is 0.000000501. The molecule has 0 saturated heterocycles. The van der Waals surface area contributed by atoms with Gasteiger partial charge in [-0.2, -0.15) is 0 Å². The summed E-state index contributed by atoms with van der Waals surface area (Å²) in [4.78, 5) is 20.4. The second-order valence-corrected chi connectivity index (χ2v) is 6.90. The van der Waals surface area contributed by atoms with Gasteiger partial charge in [-0.15, -0.1) is 5.92 Å². The molecule has 0 amide bonds. The maximum absolute atomic E-state index is 9.10. The molecule has 31 heavy (non-hydrogen) atoms. The van der Waals surface area contributed by atoms with Gasteiger partial charge >= 0.3 is 11.9 Å². The van der Waals surface area contributed by atoms with Crippen molar-refractivity contribution in [3.63, 3.8) is 0 Å². The molecule has 0 aliphatic heterocycles. The summed E-state index contributed by atoms with van der Waals surface area (Å²) < 4.78 is 8.19. The van der Waals surface area contributed by atoms with Gasteiger partial charge in [0.2, 0.25) is 0 Å². The summed E-state index contributed by atoms with van der Waals surface area (Å²) in [5, 5.41) is 16.0. The Hall–Kier alpha value is -3.76. The van der Waals surface area contributed by atoms with Crippen LogP contribution in [-0.2, 0) is 29.8 Å². The van der Waals surface area contributed by atoms with Gasteiger partial charge in [0, 0.05) is 30.2 Å². The van der Waals surface area contributed by atoms with Crippen LogP contribution in [0.4, 0.5) is 0 Å². The Morgan fingerprint density at radius 1 is 1.06 bits per heavy atom. The van der Waals surface area contributed by atoms with Gasteiger partial charge in [-0.25, -0.2) is 9.59 Å². The predicted octanol–water partition coefficient (Wildman–Crippen LogP) is 3.37. The molecule has 1 heterocycles. The summed E-state index contributed by atoms with van der Waals surface area (Å²) in [7, 11) is 4.21. The molecule has 0 bridgehead atoms. The average molecular weight is 422 g/mol. The van der Waals surface area contributed by atoms with Gasteiger partial charge in [0.1, 0.15) is 12.4 Å². The number of aryl methyl sites for hydroxylation is 1. The van der Waals surface area contributed by atoms with Crippen molar-refractivity contribution in [1.29, 1.82) is 0 Å². The van der Waals surface area contributed by atoms with E-state index in [0.29, 0.717) is 6.61 Å². The Morgan fingerprint density at radius 2 is 1.74 bits per heavy atom. The van der Waals surface area contributed by atoms with Crippen LogP contribution in [0, 0.1) is 11.8 Å². The molecule has 7 nitrogen and oxygen atoms in total. The number of benzene rings is 2. The van der Waals surface area contributed by atoms with E-state index in [1.807, 2.05) is 31.2 Å². The van der Waals surface area contributed by atoms with Crippen LogP contribution in [0.15, 0.2) is 54.6 Å². The first-order valence-corrected chi connectivity index (χ1v) is 9.61. The number of carboxylic acid groups (broad SMARTS) is 2. The van der Waals surface area contributed by atoms with Crippen molar-refractivity contribution in [2.24, 2.45) is 7.05 Å². The van der Waals surface area contributed by atoms with Gasteiger partial charge in [-0.3, -0.25) is 4.90 Å². The number of hydrogen-bond acceptors (Lipinski definition) is 4. The van der Waals surface area contributed by atoms with E-state index in [0.717, 1.165) is 18.8 Å². The summed E-state index contributed by atoms with van der Waals surface area (Å²) in [5.74, 6) is 3.31. The monoisotopic (exact) mass is 422 g/mol. The van der Waals surface area contributed by atoms with E-state index in [2.05, 4.69) is 65.7 Å². The number of carbonyl (C=O) groups is 2. The minimum Gasteiger partial charge on any atom is -0.489 e. The second-order valence-electron chi connectivity index (χ2n) is 6.90. The molecule has 1 aromatic heterocycles. The molecule has 0 fully saturated rings. The van der Waals surface area contributed by atoms with Crippen LogP contribution in [0.3, 0.4) is 0 Å². The fourth-order valence-electron chi connectivity index (χ4n) is 2.91. The molecule has 0 spiro atoms. The van der Waals surface area contributed by atoms with E-state index in [4.69, 9.17) is 24.5 Å². The van der Waals surface area contributed by atoms with Crippen molar-refractivity contribution in [2.75, 3.05) is 13.6 Å². The SMILES string of the molecule is CC#CCN(C)Cc1cc2cc(OCc3ccccc3)ccc2n1C.O=C(O)C(=O)O. The van der Waals surface area contributed by atoms with Crippen LogP contribution in [0.2, 0.25) is 0 Å². The van der Waals surface area contributed by atoms with Gasteiger partial charge in [0.25, 0.3) is 0 Å². The lowest BCUT2D eigenvalue weighted by Crippen LogP contribution is -2.19. The smallest absolute Gasteiger partial charge is 0.414 e. The summed E-state index contributed by atoms with van der Waals surface area (Å²) in [6.45, 7) is 4.12. The van der Waals surface area contributed by atoms with Crippen molar-refractivity contribution < 1.29 is 24.5 Å². The van der Waals surface area contributed by atoms with Crippen molar-refractivity contribution in [3.8, 4) is 17.6 Å². The molecule has 3 aromatic rings. The molecule has 0 aliphatic carbocycles. The van der Waals surface area contributed by atoms with Crippen molar-refractivity contribution in [2.45, 2.75) is 20.1 Å². The Morgan fingerprint density at radius 3 is 2.35 bits per heavy atom. The number of hydrogen-bond donors (Lipinski definition) is 2. The van der Waals surface area contributed by atoms with Gasteiger partial charge in [-0.1, -0.05) is 36.3 Å². The van der Waals surface area contributed by atoms with Crippen molar-refractivity contribution in [3.05, 3.63) is 65.9 Å². The summed E-state index contributed by atoms with van der Waals surface area (Å²) in [6.07, 6.45) is 0. The van der Waals surface area contributed by atoms with E-state index >= 15 is 0 Å². The standard InChI is InChI=1S/C22H24N2O.C2H2O4/c1-4-5-13-23(2)16-20-14-19-15-21(11-12-22(19)24(20)3)25-17-18-9-7-6-8-10-18;3-1(4)2(5)6/h6-12,14-15H,13,16-17H2,1-3H3;(H,3,4)(H,5,6). The van der Waals surface area contributed by atoms with E-state index in [-0.39, 0.29) is 0 Å². The van der Waals surface area contributed by atoms with Crippen LogP contribution in [0.25, 0.3) is 10.9 Å². The molecule has 0 saturated carbocycles. The molecule has 0 atom stereocenters. The highest BCUT2D eigenvalue weighted by molar-refractivity contribution is 6.27. The highest BCUT2D eigenvalue weighted by Gasteiger charge is 2.09. The second kappa shape index (κ2) is 11.4.